The maximum atomic E-state index is 13.3. The molecule has 1 fully saturated rings. The van der Waals surface area contributed by atoms with Crippen LogP contribution in [0.5, 0.6) is 0 Å². The van der Waals surface area contributed by atoms with Crippen LogP contribution >= 0.6 is 0 Å². The molecule has 1 aliphatic rings. The van der Waals surface area contributed by atoms with E-state index in [0.717, 1.165) is 12.0 Å². The molecule has 2 aromatic carbocycles. The molecule has 0 aromatic heterocycles. The molecule has 0 spiro atoms. The first-order valence-electron chi connectivity index (χ1n) is 7.98. The Morgan fingerprint density at radius 2 is 1.96 bits per heavy atom. The maximum Gasteiger partial charge on any atom is 0.254 e. The maximum absolute atomic E-state index is 13.3. The Morgan fingerprint density at radius 3 is 2.71 bits per heavy atom. The second-order valence-corrected chi connectivity index (χ2v) is 6.03. The number of amides is 2. The second-order valence-electron chi connectivity index (χ2n) is 6.03. The molecule has 0 saturated carbocycles. The van der Waals surface area contributed by atoms with Crippen LogP contribution in [0.3, 0.4) is 0 Å². The molecule has 5 heteroatoms. The van der Waals surface area contributed by atoms with Gasteiger partial charge >= 0.3 is 0 Å². The normalized spacial score (nSPS) is 16.9. The fourth-order valence-corrected chi connectivity index (χ4v) is 3.02. The number of likely N-dealkylation sites (tertiary alicyclic amines) is 1. The van der Waals surface area contributed by atoms with E-state index in [2.05, 4.69) is 5.32 Å². The van der Waals surface area contributed by atoms with Crippen LogP contribution in [0.15, 0.2) is 48.5 Å². The van der Waals surface area contributed by atoms with Crippen LogP contribution < -0.4 is 5.32 Å². The molecular formula is C19H19FN2O2. The number of nitrogens with zero attached hydrogens (tertiary/aromatic N) is 1. The number of benzene rings is 2. The van der Waals surface area contributed by atoms with Gasteiger partial charge in [-0.05, 0) is 55.7 Å². The smallest absolute Gasteiger partial charge is 0.254 e. The van der Waals surface area contributed by atoms with Crippen LogP contribution in [0.25, 0.3) is 0 Å². The standard InChI is InChI=1S/C19H19FN2O2/c1-13-5-2-8-16(11-13)21-18(23)17-9-4-10-22(17)19(24)14-6-3-7-15(20)12-14/h2-3,5-8,11-12,17H,4,9-10H2,1H3,(H,21,23)/t17-/m1/s1. The van der Waals surface area contributed by atoms with E-state index in [9.17, 15) is 14.0 Å². The molecule has 2 amide bonds. The molecule has 0 unspecified atom stereocenters. The Hall–Kier alpha value is -2.69. The van der Waals surface area contributed by atoms with Crippen molar-refractivity contribution in [3.8, 4) is 0 Å². The molecule has 1 atom stereocenters. The van der Waals surface area contributed by atoms with E-state index >= 15 is 0 Å². The minimum atomic E-state index is -0.527. The van der Waals surface area contributed by atoms with Gasteiger partial charge in [-0.15, -0.1) is 0 Å². The van der Waals surface area contributed by atoms with Crippen LogP contribution in [-0.4, -0.2) is 29.3 Å². The molecule has 3 rings (SSSR count). The number of hydrogen-bond acceptors (Lipinski definition) is 2. The Labute approximate surface area is 140 Å². The monoisotopic (exact) mass is 326 g/mol. The molecule has 1 saturated heterocycles. The number of carbonyl (C=O) groups excluding carboxylic acids is 2. The van der Waals surface area contributed by atoms with Crippen LogP contribution in [0.2, 0.25) is 0 Å². The summed E-state index contributed by atoms with van der Waals surface area (Å²) in [5.41, 5.74) is 2.03. The summed E-state index contributed by atoms with van der Waals surface area (Å²) in [6, 6.07) is 12.6. The first kappa shape index (κ1) is 16.2. The number of carbonyl (C=O) groups is 2. The number of aryl methyl sites for hydroxylation is 1. The predicted octanol–water partition coefficient (Wildman–Crippen LogP) is 3.38. The van der Waals surface area contributed by atoms with Crippen molar-refractivity contribution < 1.29 is 14.0 Å². The van der Waals surface area contributed by atoms with Crippen molar-refractivity contribution in [1.82, 2.24) is 4.90 Å². The van der Waals surface area contributed by atoms with Gasteiger partial charge in [0.2, 0.25) is 5.91 Å². The van der Waals surface area contributed by atoms with Crippen molar-refractivity contribution in [3.63, 3.8) is 0 Å². The largest absolute Gasteiger partial charge is 0.327 e. The van der Waals surface area contributed by atoms with E-state index in [0.29, 0.717) is 18.7 Å². The third kappa shape index (κ3) is 3.45. The van der Waals surface area contributed by atoms with Gasteiger partial charge in [-0.25, -0.2) is 4.39 Å². The molecule has 1 N–H and O–H groups in total. The second kappa shape index (κ2) is 6.83. The van der Waals surface area contributed by atoms with E-state index in [1.54, 1.807) is 6.07 Å². The van der Waals surface area contributed by atoms with Crippen molar-refractivity contribution in [2.75, 3.05) is 11.9 Å². The van der Waals surface area contributed by atoms with Gasteiger partial charge in [0, 0.05) is 17.8 Å². The predicted molar refractivity (Wildman–Crippen MR) is 90.3 cm³/mol. The van der Waals surface area contributed by atoms with E-state index in [1.807, 2.05) is 31.2 Å². The molecule has 0 radical (unpaired) electrons. The highest BCUT2D eigenvalue weighted by Crippen LogP contribution is 2.22. The highest BCUT2D eigenvalue weighted by atomic mass is 19.1. The highest BCUT2D eigenvalue weighted by molar-refractivity contribution is 6.01. The lowest BCUT2D eigenvalue weighted by atomic mass is 10.1. The highest BCUT2D eigenvalue weighted by Gasteiger charge is 2.34. The first-order valence-corrected chi connectivity index (χ1v) is 7.98. The molecule has 0 aliphatic carbocycles. The zero-order valence-electron chi connectivity index (χ0n) is 13.5. The zero-order valence-corrected chi connectivity index (χ0v) is 13.5. The number of rotatable bonds is 3. The topological polar surface area (TPSA) is 49.4 Å². The molecule has 0 bridgehead atoms. The van der Waals surface area contributed by atoms with Crippen LogP contribution in [0.4, 0.5) is 10.1 Å². The minimum absolute atomic E-state index is 0.206. The third-order valence-corrected chi connectivity index (χ3v) is 4.17. The average molecular weight is 326 g/mol. The lowest BCUT2D eigenvalue weighted by Gasteiger charge is -2.24. The summed E-state index contributed by atoms with van der Waals surface area (Å²) in [6.07, 6.45) is 1.37. The molecule has 24 heavy (non-hydrogen) atoms. The molecule has 124 valence electrons. The zero-order chi connectivity index (χ0) is 17.1. The van der Waals surface area contributed by atoms with Crippen molar-refractivity contribution in [3.05, 3.63) is 65.5 Å². The molecule has 2 aromatic rings. The van der Waals surface area contributed by atoms with Gasteiger partial charge in [-0.3, -0.25) is 9.59 Å². The lowest BCUT2D eigenvalue weighted by molar-refractivity contribution is -0.119. The van der Waals surface area contributed by atoms with Crippen molar-refractivity contribution in [1.29, 1.82) is 0 Å². The molecule has 1 heterocycles. The first-order chi connectivity index (χ1) is 11.5. The van der Waals surface area contributed by atoms with E-state index in [4.69, 9.17) is 0 Å². The Kier molecular flexibility index (Phi) is 4.60. The Bertz CT molecular complexity index is 775. The fraction of sp³-hybridized carbons (Fsp3) is 0.263. The summed E-state index contributed by atoms with van der Waals surface area (Å²) >= 11 is 0. The summed E-state index contributed by atoms with van der Waals surface area (Å²) in [7, 11) is 0. The van der Waals surface area contributed by atoms with Crippen molar-refractivity contribution in [2.45, 2.75) is 25.8 Å². The molecule has 4 nitrogen and oxygen atoms in total. The molecular weight excluding hydrogens is 307 g/mol. The summed E-state index contributed by atoms with van der Waals surface area (Å²) in [4.78, 5) is 26.7. The summed E-state index contributed by atoms with van der Waals surface area (Å²) in [5.74, 6) is -0.972. The van der Waals surface area contributed by atoms with Gasteiger partial charge < -0.3 is 10.2 Å². The van der Waals surface area contributed by atoms with E-state index in [1.165, 1.54) is 23.1 Å². The van der Waals surface area contributed by atoms with Crippen molar-refractivity contribution in [2.24, 2.45) is 0 Å². The summed E-state index contributed by atoms with van der Waals surface area (Å²) < 4.78 is 13.3. The molecule has 1 aliphatic heterocycles. The number of anilines is 1. The van der Waals surface area contributed by atoms with Gasteiger partial charge in [0.25, 0.3) is 5.91 Å². The quantitative estimate of drug-likeness (QED) is 0.940. The summed E-state index contributed by atoms with van der Waals surface area (Å²) in [6.45, 7) is 2.45. The fourth-order valence-electron chi connectivity index (χ4n) is 3.02. The van der Waals surface area contributed by atoms with Gasteiger partial charge in [-0.2, -0.15) is 0 Å². The minimum Gasteiger partial charge on any atom is -0.327 e. The van der Waals surface area contributed by atoms with Crippen LogP contribution in [0, 0.1) is 12.7 Å². The van der Waals surface area contributed by atoms with Gasteiger partial charge in [-0.1, -0.05) is 18.2 Å². The SMILES string of the molecule is Cc1cccc(NC(=O)[C@H]2CCCN2C(=O)c2cccc(F)c2)c1. The Morgan fingerprint density at radius 1 is 1.17 bits per heavy atom. The third-order valence-electron chi connectivity index (χ3n) is 4.17. The van der Waals surface area contributed by atoms with Gasteiger partial charge in [0.05, 0.1) is 0 Å². The van der Waals surface area contributed by atoms with Crippen LogP contribution in [-0.2, 0) is 4.79 Å². The Balaban J connectivity index is 1.75. The van der Waals surface area contributed by atoms with Gasteiger partial charge in [0.1, 0.15) is 11.9 Å². The van der Waals surface area contributed by atoms with Crippen molar-refractivity contribution >= 4 is 17.5 Å². The van der Waals surface area contributed by atoms with E-state index in [-0.39, 0.29) is 17.4 Å². The lowest BCUT2D eigenvalue weighted by Crippen LogP contribution is -2.43. The van der Waals surface area contributed by atoms with E-state index < -0.39 is 11.9 Å². The number of nitrogens with one attached hydrogen (secondary N) is 1. The van der Waals surface area contributed by atoms with Gasteiger partial charge in [0.15, 0.2) is 0 Å². The summed E-state index contributed by atoms with van der Waals surface area (Å²) in [5, 5.41) is 2.87. The average Bonchev–Trinajstić information content (AvgIpc) is 3.04. The number of halogens is 1. The number of hydrogen-bond donors (Lipinski definition) is 1. The van der Waals surface area contributed by atoms with Crippen LogP contribution in [0.1, 0.15) is 28.8 Å².